The maximum atomic E-state index is 6.42. The Morgan fingerprint density at radius 2 is 2.11 bits per heavy atom. The van der Waals surface area contributed by atoms with Gasteiger partial charge in [-0.15, -0.1) is 11.3 Å². The van der Waals surface area contributed by atoms with Gasteiger partial charge in [0.15, 0.2) is 5.82 Å². The Bertz CT molecular complexity index is 555. The molecule has 19 heavy (non-hydrogen) atoms. The summed E-state index contributed by atoms with van der Waals surface area (Å²) >= 11 is 1.71. The Kier molecular flexibility index (Phi) is 3.41. The van der Waals surface area contributed by atoms with Crippen molar-refractivity contribution in [3.63, 3.8) is 0 Å². The van der Waals surface area contributed by atoms with Crippen LogP contribution in [0.2, 0.25) is 0 Å². The van der Waals surface area contributed by atoms with Crippen LogP contribution in [0.3, 0.4) is 0 Å². The summed E-state index contributed by atoms with van der Waals surface area (Å²) in [6.45, 7) is 2.14. The van der Waals surface area contributed by atoms with Crippen molar-refractivity contribution in [1.29, 1.82) is 0 Å². The number of hydrogen-bond acceptors (Lipinski definition) is 5. The van der Waals surface area contributed by atoms with Crippen LogP contribution in [0.1, 0.15) is 49.7 Å². The van der Waals surface area contributed by atoms with Gasteiger partial charge in [-0.25, -0.2) is 0 Å². The second kappa shape index (κ2) is 5.06. The molecule has 0 amide bonds. The quantitative estimate of drug-likeness (QED) is 0.932. The van der Waals surface area contributed by atoms with E-state index in [0.717, 1.165) is 37.0 Å². The fraction of sp³-hybridized carbons (Fsp3) is 0.571. The van der Waals surface area contributed by atoms with Gasteiger partial charge >= 0.3 is 0 Å². The Balaban J connectivity index is 1.86. The largest absolute Gasteiger partial charge is 0.333 e. The standard InChI is InChI=1S/C14H19N3OS/c1-2-10-6-7-11(19-10)12-16-13(17-18-12)14(15)8-4-3-5-9-14/h6-7H,2-5,8-9,15H2,1H3. The first-order valence-corrected chi connectivity index (χ1v) is 7.75. The molecule has 0 bridgehead atoms. The third-order valence-corrected chi connectivity index (χ3v) is 5.06. The summed E-state index contributed by atoms with van der Waals surface area (Å²) in [4.78, 5) is 6.90. The van der Waals surface area contributed by atoms with E-state index in [9.17, 15) is 0 Å². The molecule has 2 N–H and O–H groups in total. The van der Waals surface area contributed by atoms with Gasteiger partial charge in [-0.2, -0.15) is 4.98 Å². The van der Waals surface area contributed by atoms with E-state index in [-0.39, 0.29) is 5.54 Å². The molecule has 1 saturated carbocycles. The zero-order valence-corrected chi connectivity index (χ0v) is 12.0. The molecular formula is C14H19N3OS. The van der Waals surface area contributed by atoms with Crippen LogP contribution in [0.15, 0.2) is 16.7 Å². The van der Waals surface area contributed by atoms with Crippen LogP contribution in [0.5, 0.6) is 0 Å². The maximum Gasteiger partial charge on any atom is 0.268 e. The molecule has 102 valence electrons. The molecule has 0 aromatic carbocycles. The lowest BCUT2D eigenvalue weighted by molar-refractivity contribution is 0.275. The maximum absolute atomic E-state index is 6.42. The van der Waals surface area contributed by atoms with Crippen molar-refractivity contribution in [2.75, 3.05) is 0 Å². The lowest BCUT2D eigenvalue weighted by atomic mass is 9.82. The molecule has 3 rings (SSSR count). The molecular weight excluding hydrogens is 258 g/mol. The van der Waals surface area contributed by atoms with E-state index in [2.05, 4.69) is 23.1 Å². The van der Waals surface area contributed by atoms with Crippen LogP contribution in [0.4, 0.5) is 0 Å². The first-order valence-electron chi connectivity index (χ1n) is 6.93. The molecule has 0 aliphatic heterocycles. The van der Waals surface area contributed by atoms with Gasteiger partial charge in [-0.1, -0.05) is 31.3 Å². The van der Waals surface area contributed by atoms with Crippen LogP contribution >= 0.6 is 11.3 Å². The Hall–Kier alpha value is -1.20. The highest BCUT2D eigenvalue weighted by molar-refractivity contribution is 7.15. The van der Waals surface area contributed by atoms with E-state index in [1.807, 2.05) is 6.07 Å². The summed E-state index contributed by atoms with van der Waals surface area (Å²) in [5.74, 6) is 1.28. The zero-order valence-electron chi connectivity index (χ0n) is 11.2. The van der Waals surface area contributed by atoms with Crippen LogP contribution < -0.4 is 5.73 Å². The van der Waals surface area contributed by atoms with Crippen molar-refractivity contribution >= 4 is 11.3 Å². The predicted molar refractivity (Wildman–Crippen MR) is 75.9 cm³/mol. The molecule has 4 nitrogen and oxygen atoms in total. The highest BCUT2D eigenvalue weighted by Crippen LogP contribution is 2.35. The summed E-state index contributed by atoms with van der Waals surface area (Å²) in [5.41, 5.74) is 6.04. The smallest absolute Gasteiger partial charge is 0.268 e. The lowest BCUT2D eigenvalue weighted by Crippen LogP contribution is -2.39. The van der Waals surface area contributed by atoms with Crippen LogP contribution in [0.25, 0.3) is 10.8 Å². The van der Waals surface area contributed by atoms with E-state index in [1.54, 1.807) is 11.3 Å². The van der Waals surface area contributed by atoms with E-state index in [4.69, 9.17) is 10.3 Å². The molecule has 1 aliphatic carbocycles. The fourth-order valence-corrected chi connectivity index (χ4v) is 3.48. The Morgan fingerprint density at radius 3 is 2.79 bits per heavy atom. The highest BCUT2D eigenvalue weighted by atomic mass is 32.1. The minimum atomic E-state index is -0.384. The Morgan fingerprint density at radius 1 is 1.32 bits per heavy atom. The number of hydrogen-bond donors (Lipinski definition) is 1. The SMILES string of the molecule is CCc1ccc(-c2nc(C3(N)CCCCC3)no2)s1. The third kappa shape index (κ3) is 2.44. The molecule has 1 aliphatic rings. The van der Waals surface area contributed by atoms with Gasteiger partial charge in [-0.05, 0) is 31.4 Å². The Labute approximate surface area is 117 Å². The van der Waals surface area contributed by atoms with E-state index < -0.39 is 0 Å². The van der Waals surface area contributed by atoms with Gasteiger partial charge in [0.05, 0.1) is 10.4 Å². The van der Waals surface area contributed by atoms with Gasteiger partial charge in [0.25, 0.3) is 5.89 Å². The average molecular weight is 277 g/mol. The highest BCUT2D eigenvalue weighted by Gasteiger charge is 2.34. The second-order valence-electron chi connectivity index (χ2n) is 5.26. The summed E-state index contributed by atoms with van der Waals surface area (Å²) in [6.07, 6.45) is 6.51. The molecule has 2 aromatic rings. The number of rotatable bonds is 3. The van der Waals surface area contributed by atoms with E-state index in [1.165, 1.54) is 11.3 Å². The monoisotopic (exact) mass is 277 g/mol. The van der Waals surface area contributed by atoms with Crippen LogP contribution in [-0.4, -0.2) is 10.1 Å². The van der Waals surface area contributed by atoms with Crippen LogP contribution in [-0.2, 0) is 12.0 Å². The zero-order chi connectivity index (χ0) is 13.3. The van der Waals surface area contributed by atoms with Gasteiger partial charge in [0.1, 0.15) is 0 Å². The molecule has 2 heterocycles. The van der Waals surface area contributed by atoms with Gasteiger partial charge in [0, 0.05) is 4.88 Å². The molecule has 0 saturated heterocycles. The molecule has 0 spiro atoms. The van der Waals surface area contributed by atoms with Gasteiger partial charge in [-0.3, -0.25) is 0 Å². The van der Waals surface area contributed by atoms with E-state index in [0.29, 0.717) is 11.7 Å². The number of aryl methyl sites for hydroxylation is 1. The average Bonchev–Trinajstić information content (AvgIpc) is 3.08. The van der Waals surface area contributed by atoms with E-state index >= 15 is 0 Å². The molecule has 2 aromatic heterocycles. The molecule has 0 atom stereocenters. The fourth-order valence-electron chi connectivity index (χ4n) is 2.61. The molecule has 0 radical (unpaired) electrons. The first-order chi connectivity index (χ1) is 9.21. The second-order valence-corrected chi connectivity index (χ2v) is 6.43. The molecule has 0 unspecified atom stereocenters. The first kappa shape index (κ1) is 12.8. The predicted octanol–water partition coefficient (Wildman–Crippen LogP) is 3.48. The van der Waals surface area contributed by atoms with Crippen molar-refractivity contribution in [2.24, 2.45) is 5.73 Å². The summed E-state index contributed by atoms with van der Waals surface area (Å²) in [6, 6.07) is 4.16. The summed E-state index contributed by atoms with van der Waals surface area (Å²) in [7, 11) is 0. The van der Waals surface area contributed by atoms with Gasteiger partial charge in [0.2, 0.25) is 0 Å². The number of aromatic nitrogens is 2. The van der Waals surface area contributed by atoms with Crippen molar-refractivity contribution < 1.29 is 4.52 Å². The van der Waals surface area contributed by atoms with Crippen molar-refractivity contribution in [2.45, 2.75) is 51.0 Å². The normalized spacial score (nSPS) is 18.6. The number of nitrogens with two attached hydrogens (primary N) is 1. The third-order valence-electron chi connectivity index (χ3n) is 3.84. The van der Waals surface area contributed by atoms with Crippen molar-refractivity contribution in [3.8, 4) is 10.8 Å². The summed E-state index contributed by atoms with van der Waals surface area (Å²) < 4.78 is 5.40. The van der Waals surface area contributed by atoms with Crippen molar-refractivity contribution in [1.82, 2.24) is 10.1 Å². The van der Waals surface area contributed by atoms with Crippen molar-refractivity contribution in [3.05, 3.63) is 22.8 Å². The summed E-state index contributed by atoms with van der Waals surface area (Å²) in [5, 5.41) is 4.12. The lowest BCUT2D eigenvalue weighted by Gasteiger charge is -2.29. The van der Waals surface area contributed by atoms with Gasteiger partial charge < -0.3 is 10.3 Å². The minimum absolute atomic E-state index is 0.384. The molecule has 5 heteroatoms. The number of thiophene rings is 1. The minimum Gasteiger partial charge on any atom is -0.333 e. The molecule has 1 fully saturated rings. The number of nitrogens with zero attached hydrogens (tertiary/aromatic N) is 2. The topological polar surface area (TPSA) is 64.9 Å². The van der Waals surface area contributed by atoms with Crippen LogP contribution in [0, 0.1) is 0 Å².